The van der Waals surface area contributed by atoms with Crippen molar-refractivity contribution in [3.8, 4) is 0 Å². The molecule has 23 heavy (non-hydrogen) atoms. The minimum atomic E-state index is -0.756. The van der Waals surface area contributed by atoms with Crippen molar-refractivity contribution < 1.29 is 23.5 Å². The summed E-state index contributed by atoms with van der Waals surface area (Å²) in [4.78, 5) is 23.7. The second-order valence-electron chi connectivity index (χ2n) is 4.68. The molecule has 0 saturated carbocycles. The minimum Gasteiger partial charge on any atom is -0.464 e. The lowest BCUT2D eigenvalue weighted by atomic mass is 10.2. The molecule has 3 rings (SSSR count). The van der Waals surface area contributed by atoms with Gasteiger partial charge in [-0.1, -0.05) is 23.4 Å². The molecule has 118 valence electrons. The predicted molar refractivity (Wildman–Crippen MR) is 78.0 cm³/mol. The van der Waals surface area contributed by atoms with Gasteiger partial charge in [0.05, 0.1) is 27.0 Å². The zero-order valence-corrected chi connectivity index (χ0v) is 12.5. The Morgan fingerprint density at radius 1 is 1.17 bits per heavy atom. The maximum absolute atomic E-state index is 12.0. The van der Waals surface area contributed by atoms with Gasteiger partial charge >= 0.3 is 11.9 Å². The van der Waals surface area contributed by atoms with Gasteiger partial charge in [-0.05, 0) is 6.07 Å². The highest BCUT2D eigenvalue weighted by molar-refractivity contribution is 6.00. The third kappa shape index (κ3) is 2.54. The molecule has 0 aliphatic carbocycles. The molecule has 8 nitrogen and oxygen atoms in total. The van der Waals surface area contributed by atoms with E-state index < -0.39 is 11.9 Å². The third-order valence-electron chi connectivity index (χ3n) is 3.37. The number of ether oxygens (including phenoxy) is 2. The molecule has 2 heterocycles. The smallest absolute Gasteiger partial charge is 0.361 e. The molecule has 0 bridgehead atoms. The normalized spacial score (nSPS) is 10.7. The van der Waals surface area contributed by atoms with Crippen LogP contribution in [0.15, 0.2) is 34.9 Å². The number of furan rings is 1. The molecule has 0 spiro atoms. The molecule has 8 heteroatoms. The molecule has 0 amide bonds. The van der Waals surface area contributed by atoms with Gasteiger partial charge in [0.1, 0.15) is 5.58 Å². The molecule has 2 aromatic heterocycles. The van der Waals surface area contributed by atoms with Crippen LogP contribution in [0.25, 0.3) is 11.0 Å². The standard InChI is InChI=1S/C15H13N3O5/c1-21-14(19)12-13(15(20)22-2)18(17-16-12)7-9-8-23-11-6-4-3-5-10(9)11/h3-6,8H,7H2,1-2H3. The minimum absolute atomic E-state index is 0.0652. The molecule has 0 aliphatic rings. The Labute approximate surface area is 130 Å². The first-order valence-corrected chi connectivity index (χ1v) is 6.71. The highest BCUT2D eigenvalue weighted by Crippen LogP contribution is 2.22. The molecule has 0 unspecified atom stereocenters. The summed E-state index contributed by atoms with van der Waals surface area (Å²) in [5.41, 5.74) is 1.26. The number of nitrogens with zero attached hydrogens (tertiary/aromatic N) is 3. The van der Waals surface area contributed by atoms with E-state index in [4.69, 9.17) is 9.15 Å². The number of rotatable bonds is 4. The van der Waals surface area contributed by atoms with Crippen molar-refractivity contribution in [2.24, 2.45) is 0 Å². The molecule has 0 atom stereocenters. The van der Waals surface area contributed by atoms with Crippen molar-refractivity contribution in [3.63, 3.8) is 0 Å². The van der Waals surface area contributed by atoms with Gasteiger partial charge in [-0.3, -0.25) is 0 Å². The van der Waals surface area contributed by atoms with E-state index in [-0.39, 0.29) is 17.9 Å². The molecule has 0 N–H and O–H groups in total. The van der Waals surface area contributed by atoms with E-state index in [1.54, 1.807) is 6.26 Å². The highest BCUT2D eigenvalue weighted by atomic mass is 16.5. The molecule has 0 saturated heterocycles. The fraction of sp³-hybridized carbons (Fsp3) is 0.200. The van der Waals surface area contributed by atoms with E-state index in [0.29, 0.717) is 0 Å². The number of carbonyl (C=O) groups excluding carboxylic acids is 2. The summed E-state index contributed by atoms with van der Waals surface area (Å²) in [6, 6.07) is 7.47. The van der Waals surface area contributed by atoms with Crippen LogP contribution in [-0.2, 0) is 16.0 Å². The van der Waals surface area contributed by atoms with E-state index in [2.05, 4.69) is 15.0 Å². The van der Waals surface area contributed by atoms with Gasteiger partial charge in [0.2, 0.25) is 5.69 Å². The number of fused-ring (bicyclic) bond motifs is 1. The first-order chi connectivity index (χ1) is 11.2. The lowest BCUT2D eigenvalue weighted by Crippen LogP contribution is -2.16. The topological polar surface area (TPSA) is 96.5 Å². The Kier molecular flexibility index (Phi) is 3.80. The van der Waals surface area contributed by atoms with Crippen LogP contribution in [0.1, 0.15) is 26.5 Å². The zero-order chi connectivity index (χ0) is 16.4. The van der Waals surface area contributed by atoms with Crippen LogP contribution in [0.5, 0.6) is 0 Å². The number of aromatic nitrogens is 3. The van der Waals surface area contributed by atoms with Crippen molar-refractivity contribution >= 4 is 22.9 Å². The molecule has 1 aromatic carbocycles. The van der Waals surface area contributed by atoms with Crippen molar-refractivity contribution in [1.29, 1.82) is 0 Å². The summed E-state index contributed by atoms with van der Waals surface area (Å²) in [5, 5.41) is 8.47. The second-order valence-corrected chi connectivity index (χ2v) is 4.68. The van der Waals surface area contributed by atoms with Crippen LogP contribution in [0.2, 0.25) is 0 Å². The first-order valence-electron chi connectivity index (χ1n) is 6.71. The van der Waals surface area contributed by atoms with E-state index in [1.807, 2.05) is 24.3 Å². The van der Waals surface area contributed by atoms with Crippen molar-refractivity contribution in [2.75, 3.05) is 14.2 Å². The van der Waals surface area contributed by atoms with E-state index in [9.17, 15) is 9.59 Å². The van der Waals surface area contributed by atoms with E-state index in [1.165, 1.54) is 18.9 Å². The molecule has 0 radical (unpaired) electrons. The Morgan fingerprint density at radius 3 is 2.65 bits per heavy atom. The fourth-order valence-electron chi connectivity index (χ4n) is 2.27. The Hall–Kier alpha value is -3.16. The Balaban J connectivity index is 2.04. The molecule has 3 aromatic rings. The predicted octanol–water partition coefficient (Wildman–Crippen LogP) is 1.65. The number of hydrogen-bond donors (Lipinski definition) is 0. The van der Waals surface area contributed by atoms with Crippen LogP contribution in [0.4, 0.5) is 0 Å². The molecule has 0 aliphatic heterocycles. The van der Waals surface area contributed by atoms with Gasteiger partial charge in [0.25, 0.3) is 0 Å². The van der Waals surface area contributed by atoms with Crippen LogP contribution in [-0.4, -0.2) is 41.2 Å². The molecular weight excluding hydrogens is 302 g/mol. The number of esters is 2. The quantitative estimate of drug-likeness (QED) is 0.675. The SMILES string of the molecule is COC(=O)c1nnn(Cc2coc3ccccc23)c1C(=O)OC. The van der Waals surface area contributed by atoms with Gasteiger partial charge in [-0.25, -0.2) is 14.3 Å². The average molecular weight is 315 g/mol. The van der Waals surface area contributed by atoms with Crippen LogP contribution in [0.3, 0.4) is 0 Å². The average Bonchev–Trinajstić information content (AvgIpc) is 3.18. The number of benzene rings is 1. The van der Waals surface area contributed by atoms with E-state index in [0.717, 1.165) is 16.5 Å². The lowest BCUT2D eigenvalue weighted by molar-refractivity contribution is 0.0544. The first kappa shape index (κ1) is 14.8. The summed E-state index contributed by atoms with van der Waals surface area (Å²) in [7, 11) is 2.42. The summed E-state index contributed by atoms with van der Waals surface area (Å²) >= 11 is 0. The summed E-state index contributed by atoms with van der Waals surface area (Å²) < 4.78 is 16.1. The maximum Gasteiger partial charge on any atom is 0.361 e. The van der Waals surface area contributed by atoms with Crippen molar-refractivity contribution in [1.82, 2.24) is 15.0 Å². The number of hydrogen-bond acceptors (Lipinski definition) is 7. The van der Waals surface area contributed by atoms with Crippen molar-refractivity contribution in [2.45, 2.75) is 6.54 Å². The number of methoxy groups -OCH3 is 2. The monoisotopic (exact) mass is 315 g/mol. The van der Waals surface area contributed by atoms with Gasteiger partial charge in [-0.15, -0.1) is 5.10 Å². The second kappa shape index (κ2) is 5.91. The van der Waals surface area contributed by atoms with Gasteiger partial charge in [-0.2, -0.15) is 0 Å². The molecule has 0 fully saturated rings. The number of carbonyl (C=O) groups is 2. The maximum atomic E-state index is 12.0. The number of para-hydroxylation sites is 1. The largest absolute Gasteiger partial charge is 0.464 e. The summed E-state index contributed by atoms with van der Waals surface area (Å²) in [5.74, 6) is -1.48. The van der Waals surface area contributed by atoms with Gasteiger partial charge in [0, 0.05) is 10.9 Å². The van der Waals surface area contributed by atoms with Gasteiger partial charge < -0.3 is 13.9 Å². The van der Waals surface area contributed by atoms with Gasteiger partial charge in [0.15, 0.2) is 5.69 Å². The van der Waals surface area contributed by atoms with Crippen LogP contribution < -0.4 is 0 Å². The van der Waals surface area contributed by atoms with E-state index >= 15 is 0 Å². The summed E-state index contributed by atoms with van der Waals surface area (Å²) in [6.07, 6.45) is 1.57. The Bertz CT molecular complexity index is 880. The fourth-order valence-corrected chi connectivity index (χ4v) is 2.27. The lowest BCUT2D eigenvalue weighted by Gasteiger charge is -2.05. The third-order valence-corrected chi connectivity index (χ3v) is 3.37. The van der Waals surface area contributed by atoms with Crippen LogP contribution >= 0.6 is 0 Å². The molecular formula is C15H13N3O5. The highest BCUT2D eigenvalue weighted by Gasteiger charge is 2.27. The Morgan fingerprint density at radius 2 is 1.91 bits per heavy atom. The van der Waals surface area contributed by atoms with Crippen molar-refractivity contribution in [3.05, 3.63) is 47.5 Å². The van der Waals surface area contributed by atoms with Crippen LogP contribution in [0, 0.1) is 0 Å². The zero-order valence-electron chi connectivity index (χ0n) is 12.5. The summed E-state index contributed by atoms with van der Waals surface area (Å²) in [6.45, 7) is 0.200.